The van der Waals surface area contributed by atoms with Gasteiger partial charge < -0.3 is 4.52 Å². The van der Waals surface area contributed by atoms with Crippen LogP contribution in [0.25, 0.3) is 22.8 Å². The molecule has 29 heavy (non-hydrogen) atoms. The van der Waals surface area contributed by atoms with Crippen LogP contribution in [0, 0.1) is 5.82 Å². The van der Waals surface area contributed by atoms with Crippen LogP contribution in [0.1, 0.15) is 5.56 Å². The van der Waals surface area contributed by atoms with Crippen LogP contribution >= 0.6 is 22.9 Å². The first kappa shape index (κ1) is 19.7. The molecule has 148 valence electrons. The third-order valence-corrected chi connectivity index (χ3v) is 7.09. The minimum Gasteiger partial charge on any atom is -0.334 e. The van der Waals surface area contributed by atoms with Crippen molar-refractivity contribution in [2.75, 3.05) is 0 Å². The van der Waals surface area contributed by atoms with Gasteiger partial charge in [-0.2, -0.15) is 4.98 Å². The number of nitrogens with one attached hydrogen (secondary N) is 1. The zero-order chi connectivity index (χ0) is 20.4. The molecule has 0 aliphatic heterocycles. The Balaban J connectivity index is 1.50. The van der Waals surface area contributed by atoms with E-state index in [1.807, 2.05) is 0 Å². The maximum Gasteiger partial charge on any atom is 0.259 e. The third kappa shape index (κ3) is 4.54. The third-order valence-electron chi connectivity index (χ3n) is 4.00. The molecule has 0 atom stereocenters. The highest BCUT2D eigenvalue weighted by Crippen LogP contribution is 2.29. The maximum absolute atomic E-state index is 13.0. The molecule has 4 aromatic rings. The van der Waals surface area contributed by atoms with Crippen LogP contribution in [0.15, 0.2) is 68.7 Å². The second-order valence-electron chi connectivity index (χ2n) is 6.04. The minimum absolute atomic E-state index is 0.0527. The van der Waals surface area contributed by atoms with Gasteiger partial charge in [-0.15, -0.1) is 11.3 Å². The van der Waals surface area contributed by atoms with E-state index in [0.717, 1.165) is 16.9 Å². The molecular formula is C19H13ClFN3O3S2. The molecule has 1 N–H and O–H groups in total. The fourth-order valence-electron chi connectivity index (χ4n) is 2.48. The van der Waals surface area contributed by atoms with Gasteiger partial charge in [0.05, 0.1) is 5.56 Å². The number of hydrogen-bond donors (Lipinski definition) is 1. The van der Waals surface area contributed by atoms with Crippen molar-refractivity contribution in [1.82, 2.24) is 14.9 Å². The van der Waals surface area contributed by atoms with Crippen LogP contribution in [0.5, 0.6) is 0 Å². The Bertz CT molecular complexity index is 1240. The minimum atomic E-state index is -3.74. The van der Waals surface area contributed by atoms with E-state index in [0.29, 0.717) is 22.0 Å². The van der Waals surface area contributed by atoms with Crippen molar-refractivity contribution in [1.29, 1.82) is 0 Å². The fourth-order valence-corrected chi connectivity index (χ4v) is 4.82. The lowest BCUT2D eigenvalue weighted by molar-refractivity contribution is 0.432. The van der Waals surface area contributed by atoms with Crippen molar-refractivity contribution in [2.45, 2.75) is 10.8 Å². The molecule has 2 aromatic carbocycles. The summed E-state index contributed by atoms with van der Waals surface area (Å²) >= 11 is 6.92. The Hall–Kier alpha value is -2.59. The topological polar surface area (TPSA) is 85.1 Å². The normalized spacial score (nSPS) is 11.7. The van der Waals surface area contributed by atoms with Gasteiger partial charge in [0, 0.05) is 22.5 Å². The van der Waals surface area contributed by atoms with Crippen LogP contribution < -0.4 is 4.72 Å². The molecular weight excluding hydrogens is 437 g/mol. The summed E-state index contributed by atoms with van der Waals surface area (Å²) in [6.45, 7) is 0.0527. The molecule has 2 aromatic heterocycles. The van der Waals surface area contributed by atoms with E-state index in [-0.39, 0.29) is 22.5 Å². The summed E-state index contributed by atoms with van der Waals surface area (Å²) in [5.74, 6) is 0.213. The SMILES string of the molecule is O=S(=O)(NCc1ccc(F)cc1)c1cc(-c2nc(-c3ccc(Cl)cc3)no2)cs1. The highest BCUT2D eigenvalue weighted by Gasteiger charge is 2.19. The quantitative estimate of drug-likeness (QED) is 0.459. The molecule has 2 heterocycles. The van der Waals surface area contributed by atoms with E-state index in [9.17, 15) is 12.8 Å². The molecule has 6 nitrogen and oxygen atoms in total. The van der Waals surface area contributed by atoms with E-state index in [4.69, 9.17) is 16.1 Å². The van der Waals surface area contributed by atoms with Crippen LogP contribution in [0.4, 0.5) is 4.39 Å². The predicted molar refractivity (Wildman–Crippen MR) is 108 cm³/mol. The highest BCUT2D eigenvalue weighted by atomic mass is 35.5. The summed E-state index contributed by atoms with van der Waals surface area (Å²) in [5, 5.41) is 6.15. The van der Waals surface area contributed by atoms with Crippen molar-refractivity contribution < 1.29 is 17.3 Å². The zero-order valence-electron chi connectivity index (χ0n) is 14.7. The van der Waals surface area contributed by atoms with Gasteiger partial charge >= 0.3 is 0 Å². The number of halogens is 2. The van der Waals surface area contributed by atoms with E-state index in [1.54, 1.807) is 29.6 Å². The molecule has 0 saturated carbocycles. The first-order valence-corrected chi connectivity index (χ1v) is 11.1. The van der Waals surface area contributed by atoms with Crippen molar-refractivity contribution >= 4 is 33.0 Å². The lowest BCUT2D eigenvalue weighted by atomic mass is 10.2. The van der Waals surface area contributed by atoms with Gasteiger partial charge in [-0.25, -0.2) is 17.5 Å². The van der Waals surface area contributed by atoms with Gasteiger partial charge in [0.25, 0.3) is 5.89 Å². The summed E-state index contributed by atoms with van der Waals surface area (Å²) in [4.78, 5) is 4.31. The first-order valence-electron chi connectivity index (χ1n) is 8.33. The second-order valence-corrected chi connectivity index (χ2v) is 9.38. The lowest BCUT2D eigenvalue weighted by Gasteiger charge is -2.04. The van der Waals surface area contributed by atoms with Gasteiger partial charge in [-0.3, -0.25) is 0 Å². The number of hydrogen-bond acceptors (Lipinski definition) is 6. The second kappa shape index (κ2) is 8.03. The van der Waals surface area contributed by atoms with Gasteiger partial charge in [-0.05, 0) is 48.0 Å². The molecule has 0 radical (unpaired) electrons. The molecule has 0 saturated heterocycles. The monoisotopic (exact) mass is 449 g/mol. The number of sulfonamides is 1. The average Bonchev–Trinajstić information content (AvgIpc) is 3.38. The van der Waals surface area contributed by atoms with Gasteiger partial charge in [0.2, 0.25) is 15.8 Å². The Morgan fingerprint density at radius 3 is 2.52 bits per heavy atom. The van der Waals surface area contributed by atoms with Crippen molar-refractivity contribution in [2.24, 2.45) is 0 Å². The van der Waals surface area contributed by atoms with Crippen LogP contribution in [0.3, 0.4) is 0 Å². The summed E-state index contributed by atoms with van der Waals surface area (Å²) in [5.41, 5.74) is 1.88. The standard InChI is InChI=1S/C19H13ClFN3O3S2/c20-15-5-3-13(4-6-15)18-23-19(27-24-18)14-9-17(28-11-14)29(25,26)22-10-12-1-7-16(21)8-2-12/h1-9,11,22H,10H2. The number of nitrogens with zero attached hydrogens (tertiary/aromatic N) is 2. The molecule has 0 aliphatic carbocycles. The molecule has 10 heteroatoms. The van der Waals surface area contributed by atoms with E-state index in [2.05, 4.69) is 14.9 Å². The Morgan fingerprint density at radius 2 is 1.79 bits per heavy atom. The predicted octanol–water partition coefficient (Wildman–Crippen LogP) is 4.74. The highest BCUT2D eigenvalue weighted by molar-refractivity contribution is 7.91. The van der Waals surface area contributed by atoms with Crippen LogP contribution in [-0.4, -0.2) is 18.6 Å². The average molecular weight is 450 g/mol. The summed E-state index contributed by atoms with van der Waals surface area (Å²) in [7, 11) is -3.74. The number of thiophene rings is 1. The molecule has 0 fully saturated rings. The first-order chi connectivity index (χ1) is 13.9. The smallest absolute Gasteiger partial charge is 0.259 e. The number of benzene rings is 2. The number of rotatable bonds is 6. The van der Waals surface area contributed by atoms with Gasteiger partial charge in [0.15, 0.2) is 0 Å². The Morgan fingerprint density at radius 1 is 1.07 bits per heavy atom. The van der Waals surface area contributed by atoms with Crippen LogP contribution in [-0.2, 0) is 16.6 Å². The summed E-state index contributed by atoms with van der Waals surface area (Å²) in [6.07, 6.45) is 0. The van der Waals surface area contributed by atoms with E-state index in [1.165, 1.54) is 30.3 Å². The molecule has 0 amide bonds. The molecule has 4 rings (SSSR count). The Labute approximate surface area is 175 Å². The zero-order valence-corrected chi connectivity index (χ0v) is 17.1. The van der Waals surface area contributed by atoms with Gasteiger partial charge in [-0.1, -0.05) is 28.9 Å². The van der Waals surface area contributed by atoms with Gasteiger partial charge in [0.1, 0.15) is 10.0 Å². The molecule has 0 bridgehead atoms. The summed E-state index contributed by atoms with van der Waals surface area (Å²) in [6, 6.07) is 14.0. The van der Waals surface area contributed by atoms with Crippen molar-refractivity contribution in [3.8, 4) is 22.8 Å². The largest absolute Gasteiger partial charge is 0.334 e. The molecule has 0 aliphatic rings. The van der Waals surface area contributed by atoms with Crippen molar-refractivity contribution in [3.63, 3.8) is 0 Å². The Kier molecular flexibility index (Phi) is 5.46. The lowest BCUT2D eigenvalue weighted by Crippen LogP contribution is -2.22. The van der Waals surface area contributed by atoms with E-state index >= 15 is 0 Å². The number of aromatic nitrogens is 2. The van der Waals surface area contributed by atoms with Crippen LogP contribution in [0.2, 0.25) is 5.02 Å². The molecule has 0 unspecified atom stereocenters. The molecule has 0 spiro atoms. The maximum atomic E-state index is 13.0. The van der Waals surface area contributed by atoms with E-state index < -0.39 is 10.0 Å². The summed E-state index contributed by atoms with van der Waals surface area (Å²) < 4.78 is 45.9. The van der Waals surface area contributed by atoms with Crippen molar-refractivity contribution in [3.05, 3.63) is 76.4 Å². The fraction of sp³-hybridized carbons (Fsp3) is 0.0526.